The Bertz CT molecular complexity index is 972. The summed E-state index contributed by atoms with van der Waals surface area (Å²) in [4.78, 5) is 14.7. The highest BCUT2D eigenvalue weighted by Gasteiger charge is 2.32. The minimum atomic E-state index is -0.410. The SMILES string of the molecule is O=C(Nc1cccc(F)c1)N1CCc2ccccc2[C@H]1c1ccc(F)cc1. The Kier molecular flexibility index (Phi) is 4.59. The van der Waals surface area contributed by atoms with Gasteiger partial charge in [0.05, 0.1) is 6.04 Å². The first-order chi connectivity index (χ1) is 13.1. The molecule has 0 fully saturated rings. The summed E-state index contributed by atoms with van der Waals surface area (Å²) in [6, 6.07) is 19.3. The molecule has 0 bridgehead atoms. The average Bonchev–Trinajstić information content (AvgIpc) is 2.68. The van der Waals surface area contributed by atoms with Gasteiger partial charge < -0.3 is 10.2 Å². The van der Waals surface area contributed by atoms with Gasteiger partial charge in [-0.1, -0.05) is 42.5 Å². The second-order valence-corrected chi connectivity index (χ2v) is 6.54. The summed E-state index contributed by atoms with van der Waals surface area (Å²) in [7, 11) is 0. The molecule has 0 aromatic heterocycles. The molecule has 1 aliphatic rings. The highest BCUT2D eigenvalue weighted by Crippen LogP contribution is 2.35. The van der Waals surface area contributed by atoms with Gasteiger partial charge in [-0.05, 0) is 53.4 Å². The fourth-order valence-electron chi connectivity index (χ4n) is 3.55. The van der Waals surface area contributed by atoms with Crippen LogP contribution in [0.15, 0.2) is 72.8 Å². The number of halogens is 2. The lowest BCUT2D eigenvalue weighted by Crippen LogP contribution is -2.43. The molecule has 27 heavy (non-hydrogen) atoms. The number of hydrogen-bond donors (Lipinski definition) is 1. The molecule has 1 N–H and O–H groups in total. The van der Waals surface area contributed by atoms with Crippen molar-refractivity contribution in [1.82, 2.24) is 4.90 Å². The standard InChI is InChI=1S/C22H18F2N2O/c23-17-10-8-16(9-11-17)21-20-7-2-1-4-15(20)12-13-26(21)22(27)25-19-6-3-5-18(24)14-19/h1-11,14,21H,12-13H2,(H,25,27)/t21-/m1/s1. The average molecular weight is 364 g/mol. The van der Waals surface area contributed by atoms with E-state index in [0.717, 1.165) is 17.5 Å². The van der Waals surface area contributed by atoms with E-state index in [2.05, 4.69) is 5.32 Å². The lowest BCUT2D eigenvalue weighted by Gasteiger charge is -2.37. The Hall–Kier alpha value is -3.21. The second-order valence-electron chi connectivity index (χ2n) is 6.54. The van der Waals surface area contributed by atoms with Crippen LogP contribution >= 0.6 is 0 Å². The third-order valence-corrected chi connectivity index (χ3v) is 4.81. The van der Waals surface area contributed by atoms with Gasteiger partial charge in [0.15, 0.2) is 0 Å². The number of anilines is 1. The Morgan fingerprint density at radius 3 is 2.48 bits per heavy atom. The molecule has 3 aromatic rings. The van der Waals surface area contributed by atoms with E-state index < -0.39 is 5.82 Å². The van der Waals surface area contributed by atoms with E-state index in [-0.39, 0.29) is 17.9 Å². The number of nitrogens with one attached hydrogen (secondary N) is 1. The van der Waals surface area contributed by atoms with E-state index in [1.54, 1.807) is 29.2 Å². The van der Waals surface area contributed by atoms with Crippen LogP contribution in [-0.4, -0.2) is 17.5 Å². The van der Waals surface area contributed by atoms with Crippen molar-refractivity contribution < 1.29 is 13.6 Å². The van der Waals surface area contributed by atoms with Gasteiger partial charge in [-0.15, -0.1) is 0 Å². The summed E-state index contributed by atoms with van der Waals surface area (Å²) in [5.41, 5.74) is 3.42. The summed E-state index contributed by atoms with van der Waals surface area (Å²) in [5, 5.41) is 2.77. The number of amides is 2. The highest BCUT2D eigenvalue weighted by atomic mass is 19.1. The predicted molar refractivity (Wildman–Crippen MR) is 101 cm³/mol. The topological polar surface area (TPSA) is 32.3 Å². The minimum Gasteiger partial charge on any atom is -0.313 e. The molecule has 4 rings (SSSR count). The molecule has 0 radical (unpaired) electrons. The molecule has 5 heteroatoms. The minimum absolute atomic E-state index is 0.315. The zero-order chi connectivity index (χ0) is 18.8. The van der Waals surface area contributed by atoms with Gasteiger partial charge in [0, 0.05) is 12.2 Å². The number of benzene rings is 3. The fraction of sp³-hybridized carbons (Fsp3) is 0.136. The third kappa shape index (κ3) is 3.53. The molecule has 2 amide bonds. The van der Waals surface area contributed by atoms with Crippen molar-refractivity contribution in [3.63, 3.8) is 0 Å². The van der Waals surface area contributed by atoms with Crippen LogP contribution in [0, 0.1) is 11.6 Å². The van der Waals surface area contributed by atoms with Crippen LogP contribution in [0.5, 0.6) is 0 Å². The van der Waals surface area contributed by atoms with E-state index in [4.69, 9.17) is 0 Å². The van der Waals surface area contributed by atoms with Crippen molar-refractivity contribution in [3.8, 4) is 0 Å². The zero-order valence-electron chi connectivity index (χ0n) is 14.5. The van der Waals surface area contributed by atoms with E-state index in [1.165, 1.54) is 29.8 Å². The lowest BCUT2D eigenvalue weighted by atomic mass is 9.88. The van der Waals surface area contributed by atoms with Gasteiger partial charge in [0.2, 0.25) is 0 Å². The Morgan fingerprint density at radius 2 is 1.70 bits per heavy atom. The smallest absolute Gasteiger partial charge is 0.313 e. The molecule has 0 saturated carbocycles. The maximum atomic E-state index is 13.4. The van der Waals surface area contributed by atoms with Crippen LogP contribution in [-0.2, 0) is 6.42 Å². The van der Waals surface area contributed by atoms with Crippen molar-refractivity contribution in [2.45, 2.75) is 12.5 Å². The molecule has 0 aliphatic carbocycles. The van der Waals surface area contributed by atoms with E-state index in [0.29, 0.717) is 12.2 Å². The van der Waals surface area contributed by atoms with Gasteiger partial charge in [0.1, 0.15) is 11.6 Å². The summed E-state index contributed by atoms with van der Waals surface area (Å²) < 4.78 is 26.8. The number of rotatable bonds is 2. The Labute approximate surface area is 156 Å². The lowest BCUT2D eigenvalue weighted by molar-refractivity contribution is 0.194. The molecular formula is C22H18F2N2O. The number of fused-ring (bicyclic) bond motifs is 1. The molecule has 0 spiro atoms. The van der Waals surface area contributed by atoms with Gasteiger partial charge in [-0.2, -0.15) is 0 Å². The van der Waals surface area contributed by atoms with E-state index >= 15 is 0 Å². The highest BCUT2D eigenvalue weighted by molar-refractivity contribution is 5.90. The van der Waals surface area contributed by atoms with Crippen LogP contribution in [0.1, 0.15) is 22.7 Å². The third-order valence-electron chi connectivity index (χ3n) is 4.81. The first kappa shape index (κ1) is 17.2. The summed E-state index contributed by atoms with van der Waals surface area (Å²) in [6.07, 6.45) is 0.727. The molecule has 1 heterocycles. The Balaban J connectivity index is 1.70. The van der Waals surface area contributed by atoms with Crippen LogP contribution in [0.2, 0.25) is 0 Å². The van der Waals surface area contributed by atoms with Gasteiger partial charge in [-0.3, -0.25) is 0 Å². The molecular weight excluding hydrogens is 346 g/mol. The van der Waals surface area contributed by atoms with Crippen LogP contribution < -0.4 is 5.32 Å². The number of carbonyl (C=O) groups excluding carboxylic acids is 1. The molecule has 3 aromatic carbocycles. The molecule has 1 atom stereocenters. The molecule has 0 unspecified atom stereocenters. The molecule has 0 saturated heterocycles. The predicted octanol–water partition coefficient (Wildman–Crippen LogP) is 5.14. The van der Waals surface area contributed by atoms with E-state index in [1.807, 2.05) is 24.3 Å². The van der Waals surface area contributed by atoms with E-state index in [9.17, 15) is 13.6 Å². The Morgan fingerprint density at radius 1 is 0.926 bits per heavy atom. The van der Waals surface area contributed by atoms with Crippen LogP contribution in [0.3, 0.4) is 0 Å². The molecule has 1 aliphatic heterocycles. The maximum Gasteiger partial charge on any atom is 0.322 e. The number of nitrogens with zero attached hydrogens (tertiary/aromatic N) is 1. The van der Waals surface area contributed by atoms with Crippen LogP contribution in [0.25, 0.3) is 0 Å². The summed E-state index contributed by atoms with van der Waals surface area (Å²) in [5.74, 6) is -0.731. The normalized spacial score (nSPS) is 15.9. The largest absolute Gasteiger partial charge is 0.322 e. The first-order valence-corrected chi connectivity index (χ1v) is 8.78. The van der Waals surface area contributed by atoms with Gasteiger partial charge in [0.25, 0.3) is 0 Å². The maximum absolute atomic E-state index is 13.4. The quantitative estimate of drug-likeness (QED) is 0.671. The molecule has 136 valence electrons. The second kappa shape index (κ2) is 7.19. The summed E-state index contributed by atoms with van der Waals surface area (Å²) >= 11 is 0. The van der Waals surface area contributed by atoms with Gasteiger partial charge in [-0.25, -0.2) is 13.6 Å². The first-order valence-electron chi connectivity index (χ1n) is 8.78. The zero-order valence-corrected chi connectivity index (χ0v) is 14.5. The van der Waals surface area contributed by atoms with Crippen molar-refractivity contribution in [1.29, 1.82) is 0 Å². The van der Waals surface area contributed by atoms with Crippen LogP contribution in [0.4, 0.5) is 19.3 Å². The van der Waals surface area contributed by atoms with Crippen molar-refractivity contribution in [3.05, 3.63) is 101 Å². The molecule has 3 nitrogen and oxygen atoms in total. The number of urea groups is 1. The van der Waals surface area contributed by atoms with Gasteiger partial charge >= 0.3 is 6.03 Å². The van der Waals surface area contributed by atoms with Crippen molar-refractivity contribution >= 4 is 11.7 Å². The summed E-state index contributed by atoms with van der Waals surface area (Å²) in [6.45, 7) is 0.514. The van der Waals surface area contributed by atoms with Crippen molar-refractivity contribution in [2.24, 2.45) is 0 Å². The number of carbonyl (C=O) groups is 1. The fourth-order valence-corrected chi connectivity index (χ4v) is 3.55. The van der Waals surface area contributed by atoms with Crippen molar-refractivity contribution in [2.75, 3.05) is 11.9 Å². The number of hydrogen-bond acceptors (Lipinski definition) is 1. The monoisotopic (exact) mass is 364 g/mol.